The highest BCUT2D eigenvalue weighted by Crippen LogP contribution is 2.26. The Morgan fingerprint density at radius 3 is 2.96 bits per heavy atom. The molecule has 0 atom stereocenters. The van der Waals surface area contributed by atoms with Gasteiger partial charge < -0.3 is 9.73 Å². The first-order chi connectivity index (χ1) is 11.6. The predicted octanol–water partition coefficient (Wildman–Crippen LogP) is 1.97. The zero-order chi connectivity index (χ0) is 17.1. The molecule has 0 fully saturated rings. The largest absolute Gasteiger partial charge is 0.464 e. The van der Waals surface area contributed by atoms with Crippen molar-refractivity contribution in [3.8, 4) is 0 Å². The average molecular weight is 325 g/mol. The smallest absolute Gasteiger partial charge is 0.347 e. The van der Waals surface area contributed by atoms with Crippen LogP contribution in [0.1, 0.15) is 16.7 Å². The van der Waals surface area contributed by atoms with Gasteiger partial charge in [-0.1, -0.05) is 12.1 Å². The standard InChI is InChI=1S/C18H19N3O3/c1-12-4-5-15-14(11-24-17(15)13(12)2)10-16(22)19-7-9-21-8-3-6-20-18(21)23/h3-6,8,11H,7,9-10H2,1-2H3,(H,19,22). The molecule has 2 aromatic heterocycles. The first kappa shape index (κ1) is 16.0. The van der Waals surface area contributed by atoms with Crippen molar-refractivity contribution in [3.63, 3.8) is 0 Å². The van der Waals surface area contributed by atoms with Crippen LogP contribution in [0.25, 0.3) is 11.0 Å². The molecular formula is C18H19N3O3. The number of hydrogen-bond donors (Lipinski definition) is 1. The third-order valence-corrected chi connectivity index (χ3v) is 4.15. The van der Waals surface area contributed by atoms with Gasteiger partial charge in [0.05, 0.1) is 12.7 Å². The number of nitrogens with zero attached hydrogens (tertiary/aromatic N) is 2. The fourth-order valence-corrected chi connectivity index (χ4v) is 2.63. The van der Waals surface area contributed by atoms with E-state index in [2.05, 4.69) is 10.3 Å². The Labute approximate surface area is 139 Å². The highest BCUT2D eigenvalue weighted by Gasteiger charge is 2.12. The van der Waals surface area contributed by atoms with E-state index in [0.29, 0.717) is 13.1 Å². The van der Waals surface area contributed by atoms with Gasteiger partial charge in [-0.15, -0.1) is 0 Å². The third-order valence-electron chi connectivity index (χ3n) is 4.15. The van der Waals surface area contributed by atoms with Gasteiger partial charge in [0, 0.05) is 36.4 Å². The monoisotopic (exact) mass is 325 g/mol. The Bertz CT molecular complexity index is 940. The molecule has 0 aliphatic rings. The number of benzene rings is 1. The second-order valence-corrected chi connectivity index (χ2v) is 5.77. The Morgan fingerprint density at radius 1 is 1.33 bits per heavy atom. The number of amides is 1. The molecule has 24 heavy (non-hydrogen) atoms. The lowest BCUT2D eigenvalue weighted by Gasteiger charge is -2.06. The summed E-state index contributed by atoms with van der Waals surface area (Å²) in [6.45, 7) is 4.81. The number of carbonyl (C=O) groups is 1. The van der Waals surface area contributed by atoms with Gasteiger partial charge in [0.25, 0.3) is 0 Å². The zero-order valence-electron chi connectivity index (χ0n) is 13.7. The van der Waals surface area contributed by atoms with Crippen LogP contribution in [0.3, 0.4) is 0 Å². The summed E-state index contributed by atoms with van der Waals surface area (Å²) in [5.41, 5.74) is 3.63. The number of nitrogens with one attached hydrogen (secondary N) is 1. The summed E-state index contributed by atoms with van der Waals surface area (Å²) in [7, 11) is 0. The fourth-order valence-electron chi connectivity index (χ4n) is 2.63. The number of hydrogen-bond acceptors (Lipinski definition) is 4. The van der Waals surface area contributed by atoms with E-state index < -0.39 is 0 Å². The van der Waals surface area contributed by atoms with E-state index in [-0.39, 0.29) is 18.0 Å². The van der Waals surface area contributed by atoms with Gasteiger partial charge >= 0.3 is 5.69 Å². The van der Waals surface area contributed by atoms with E-state index in [1.807, 2.05) is 26.0 Å². The Hall–Kier alpha value is -2.89. The molecule has 6 heteroatoms. The van der Waals surface area contributed by atoms with Crippen molar-refractivity contribution in [2.45, 2.75) is 26.8 Å². The van der Waals surface area contributed by atoms with Crippen molar-refractivity contribution in [2.24, 2.45) is 0 Å². The summed E-state index contributed by atoms with van der Waals surface area (Å²) in [6.07, 6.45) is 4.99. The van der Waals surface area contributed by atoms with Crippen molar-refractivity contribution in [1.29, 1.82) is 0 Å². The maximum absolute atomic E-state index is 12.1. The molecule has 0 radical (unpaired) electrons. The molecule has 0 aliphatic carbocycles. The van der Waals surface area contributed by atoms with Gasteiger partial charge in [0.1, 0.15) is 5.58 Å². The molecule has 0 bridgehead atoms. The number of aromatic nitrogens is 2. The van der Waals surface area contributed by atoms with E-state index in [4.69, 9.17) is 4.42 Å². The second-order valence-electron chi connectivity index (χ2n) is 5.77. The molecule has 6 nitrogen and oxygen atoms in total. The quantitative estimate of drug-likeness (QED) is 0.778. The second kappa shape index (κ2) is 6.70. The molecule has 3 rings (SSSR count). The van der Waals surface area contributed by atoms with Crippen molar-refractivity contribution in [2.75, 3.05) is 6.54 Å². The van der Waals surface area contributed by atoms with Crippen molar-refractivity contribution < 1.29 is 9.21 Å². The van der Waals surface area contributed by atoms with Crippen molar-refractivity contribution in [3.05, 3.63) is 64.0 Å². The summed E-state index contributed by atoms with van der Waals surface area (Å²) in [4.78, 5) is 27.3. The molecule has 1 amide bonds. The van der Waals surface area contributed by atoms with Gasteiger partial charge in [0.2, 0.25) is 5.91 Å². The molecule has 2 heterocycles. The maximum atomic E-state index is 12.1. The van der Waals surface area contributed by atoms with Gasteiger partial charge in [-0.3, -0.25) is 9.36 Å². The molecule has 0 spiro atoms. The van der Waals surface area contributed by atoms with Crippen LogP contribution >= 0.6 is 0 Å². The van der Waals surface area contributed by atoms with Crippen LogP contribution in [0.2, 0.25) is 0 Å². The minimum Gasteiger partial charge on any atom is -0.464 e. The van der Waals surface area contributed by atoms with Gasteiger partial charge in [-0.05, 0) is 31.0 Å². The molecule has 0 aliphatic heterocycles. The number of rotatable bonds is 5. The van der Waals surface area contributed by atoms with Crippen LogP contribution < -0.4 is 11.0 Å². The normalized spacial score (nSPS) is 10.9. The van der Waals surface area contributed by atoms with Crippen molar-refractivity contribution in [1.82, 2.24) is 14.9 Å². The molecular weight excluding hydrogens is 306 g/mol. The topological polar surface area (TPSA) is 77.1 Å². The van der Waals surface area contributed by atoms with Gasteiger partial charge in [0.15, 0.2) is 0 Å². The van der Waals surface area contributed by atoms with E-state index in [1.54, 1.807) is 18.5 Å². The fraction of sp³-hybridized carbons (Fsp3) is 0.278. The minimum atomic E-state index is -0.321. The Morgan fingerprint density at radius 2 is 2.17 bits per heavy atom. The molecule has 0 saturated carbocycles. The number of aryl methyl sites for hydroxylation is 2. The SMILES string of the molecule is Cc1ccc2c(CC(=O)NCCn3cccnc3=O)coc2c1C. The highest BCUT2D eigenvalue weighted by molar-refractivity contribution is 5.89. The van der Waals surface area contributed by atoms with Gasteiger partial charge in [-0.25, -0.2) is 9.78 Å². The lowest BCUT2D eigenvalue weighted by molar-refractivity contribution is -0.120. The highest BCUT2D eigenvalue weighted by atomic mass is 16.3. The summed E-state index contributed by atoms with van der Waals surface area (Å²) in [5, 5.41) is 3.79. The van der Waals surface area contributed by atoms with E-state index in [0.717, 1.165) is 27.7 Å². The molecule has 124 valence electrons. The summed E-state index contributed by atoms with van der Waals surface area (Å²) in [6, 6.07) is 5.70. The predicted molar refractivity (Wildman–Crippen MR) is 90.9 cm³/mol. The van der Waals surface area contributed by atoms with Crippen LogP contribution in [-0.4, -0.2) is 22.0 Å². The molecule has 0 saturated heterocycles. The van der Waals surface area contributed by atoms with Crippen LogP contribution in [-0.2, 0) is 17.8 Å². The van der Waals surface area contributed by atoms with Crippen LogP contribution in [0.5, 0.6) is 0 Å². The lowest BCUT2D eigenvalue weighted by atomic mass is 10.0. The minimum absolute atomic E-state index is 0.104. The first-order valence-electron chi connectivity index (χ1n) is 7.80. The summed E-state index contributed by atoms with van der Waals surface area (Å²) < 4.78 is 7.08. The lowest BCUT2D eigenvalue weighted by Crippen LogP contribution is -2.32. The molecule has 0 unspecified atom stereocenters. The van der Waals surface area contributed by atoms with E-state index >= 15 is 0 Å². The van der Waals surface area contributed by atoms with E-state index in [9.17, 15) is 9.59 Å². The van der Waals surface area contributed by atoms with Crippen LogP contribution in [0.15, 0.2) is 46.1 Å². The Balaban J connectivity index is 1.62. The first-order valence-corrected chi connectivity index (χ1v) is 7.80. The Kier molecular flexibility index (Phi) is 4.46. The third kappa shape index (κ3) is 3.22. The number of furan rings is 1. The molecule has 1 N–H and O–H groups in total. The molecule has 1 aromatic carbocycles. The average Bonchev–Trinajstić information content (AvgIpc) is 2.96. The van der Waals surface area contributed by atoms with E-state index in [1.165, 1.54) is 10.8 Å². The van der Waals surface area contributed by atoms with Gasteiger partial charge in [-0.2, -0.15) is 0 Å². The maximum Gasteiger partial charge on any atom is 0.347 e. The summed E-state index contributed by atoms with van der Waals surface area (Å²) in [5.74, 6) is -0.104. The number of fused-ring (bicyclic) bond motifs is 1. The van der Waals surface area contributed by atoms with Crippen LogP contribution in [0, 0.1) is 13.8 Å². The van der Waals surface area contributed by atoms with Crippen LogP contribution in [0.4, 0.5) is 0 Å². The summed E-state index contributed by atoms with van der Waals surface area (Å²) >= 11 is 0. The zero-order valence-corrected chi connectivity index (χ0v) is 13.7. The molecule has 3 aromatic rings. The number of carbonyl (C=O) groups excluding carboxylic acids is 1. The van der Waals surface area contributed by atoms with Crippen molar-refractivity contribution >= 4 is 16.9 Å².